The van der Waals surface area contributed by atoms with Gasteiger partial charge in [-0.3, -0.25) is 4.68 Å². The lowest BCUT2D eigenvalue weighted by Gasteiger charge is -1.99. The first-order valence-electron chi connectivity index (χ1n) is 7.49. The molecule has 25 heavy (non-hydrogen) atoms. The normalized spacial score (nSPS) is 10.9. The molecule has 0 saturated carbocycles. The SMILES string of the molecule is Cn1nc(-c2ccc(Cl)cc2)c(O)c1-c1nc2ccc(C#N)cc2[nH]1. The van der Waals surface area contributed by atoms with Crippen molar-refractivity contribution in [3.63, 3.8) is 0 Å². The molecule has 0 spiro atoms. The van der Waals surface area contributed by atoms with E-state index in [2.05, 4.69) is 21.1 Å². The summed E-state index contributed by atoms with van der Waals surface area (Å²) in [5.74, 6) is 0.516. The van der Waals surface area contributed by atoms with Crippen LogP contribution in [0.5, 0.6) is 5.75 Å². The fourth-order valence-electron chi connectivity index (χ4n) is 2.77. The Morgan fingerprint density at radius 3 is 2.68 bits per heavy atom. The van der Waals surface area contributed by atoms with E-state index < -0.39 is 0 Å². The third-order valence-corrected chi connectivity index (χ3v) is 4.23. The van der Waals surface area contributed by atoms with Crippen LogP contribution in [0.3, 0.4) is 0 Å². The van der Waals surface area contributed by atoms with E-state index in [1.54, 1.807) is 54.2 Å². The molecule has 0 saturated heterocycles. The van der Waals surface area contributed by atoms with Crippen molar-refractivity contribution >= 4 is 22.6 Å². The molecule has 0 radical (unpaired) electrons. The average Bonchev–Trinajstić information content (AvgIpc) is 3.15. The number of nitrogens with zero attached hydrogens (tertiary/aromatic N) is 4. The van der Waals surface area contributed by atoms with Gasteiger partial charge in [-0.1, -0.05) is 23.7 Å². The lowest BCUT2D eigenvalue weighted by molar-refractivity contribution is 0.478. The van der Waals surface area contributed by atoms with Gasteiger partial charge in [0, 0.05) is 17.6 Å². The number of hydrogen-bond donors (Lipinski definition) is 2. The minimum Gasteiger partial charge on any atom is -0.504 e. The van der Waals surface area contributed by atoms with E-state index in [4.69, 9.17) is 16.9 Å². The highest BCUT2D eigenvalue weighted by Gasteiger charge is 2.21. The van der Waals surface area contributed by atoms with Crippen LogP contribution >= 0.6 is 11.6 Å². The number of aryl methyl sites for hydroxylation is 1. The fourth-order valence-corrected chi connectivity index (χ4v) is 2.90. The third-order valence-electron chi connectivity index (χ3n) is 3.98. The highest BCUT2D eigenvalue weighted by atomic mass is 35.5. The number of aromatic amines is 1. The first kappa shape index (κ1) is 15.2. The third kappa shape index (κ3) is 2.51. The summed E-state index contributed by atoms with van der Waals surface area (Å²) in [5.41, 5.74) is 3.66. The molecule has 2 N–H and O–H groups in total. The van der Waals surface area contributed by atoms with Crippen molar-refractivity contribution in [2.45, 2.75) is 0 Å². The number of hydrogen-bond acceptors (Lipinski definition) is 4. The van der Waals surface area contributed by atoms with Crippen LogP contribution in [0.4, 0.5) is 0 Å². The van der Waals surface area contributed by atoms with E-state index in [1.165, 1.54) is 0 Å². The largest absolute Gasteiger partial charge is 0.504 e. The monoisotopic (exact) mass is 349 g/mol. The van der Waals surface area contributed by atoms with Crippen molar-refractivity contribution in [1.29, 1.82) is 5.26 Å². The fraction of sp³-hybridized carbons (Fsp3) is 0.0556. The summed E-state index contributed by atoms with van der Waals surface area (Å²) in [7, 11) is 1.74. The maximum Gasteiger partial charge on any atom is 0.173 e. The smallest absolute Gasteiger partial charge is 0.173 e. The van der Waals surface area contributed by atoms with Crippen molar-refractivity contribution in [1.82, 2.24) is 19.7 Å². The lowest BCUT2D eigenvalue weighted by Crippen LogP contribution is -1.95. The molecule has 0 aliphatic carbocycles. The number of nitrogens with one attached hydrogen (secondary N) is 1. The summed E-state index contributed by atoms with van der Waals surface area (Å²) in [6.07, 6.45) is 0. The first-order valence-corrected chi connectivity index (χ1v) is 7.87. The van der Waals surface area contributed by atoms with Crippen LogP contribution in [-0.4, -0.2) is 24.9 Å². The Bertz CT molecular complexity index is 1130. The summed E-state index contributed by atoms with van der Waals surface area (Å²) < 4.78 is 1.57. The maximum atomic E-state index is 10.7. The van der Waals surface area contributed by atoms with Crippen LogP contribution in [0.2, 0.25) is 5.02 Å². The predicted octanol–water partition coefficient (Wildman–Crippen LogP) is 3.86. The second-order valence-corrected chi connectivity index (χ2v) is 6.04. The molecule has 6 nitrogen and oxygen atoms in total. The van der Waals surface area contributed by atoms with Crippen LogP contribution < -0.4 is 0 Å². The Balaban J connectivity index is 1.86. The Kier molecular flexibility index (Phi) is 3.45. The van der Waals surface area contributed by atoms with Gasteiger partial charge in [0.25, 0.3) is 0 Å². The molecule has 0 aliphatic rings. The van der Waals surface area contributed by atoms with Gasteiger partial charge in [0.05, 0.1) is 22.7 Å². The van der Waals surface area contributed by atoms with Crippen LogP contribution in [0, 0.1) is 11.3 Å². The standard InChI is InChI=1S/C18H12ClN5O/c1-24-16(17(25)15(23-24)11-3-5-12(19)6-4-11)18-21-13-7-2-10(9-20)8-14(13)22-18/h2-8,25H,1H3,(H,21,22). The van der Waals surface area contributed by atoms with Crippen molar-refractivity contribution in [2.24, 2.45) is 7.05 Å². The molecule has 0 bridgehead atoms. The molecule has 0 fully saturated rings. The summed E-state index contributed by atoms with van der Waals surface area (Å²) >= 11 is 5.92. The van der Waals surface area contributed by atoms with Crippen LogP contribution in [0.25, 0.3) is 33.8 Å². The van der Waals surface area contributed by atoms with Gasteiger partial charge in [-0.25, -0.2) is 4.98 Å². The van der Waals surface area contributed by atoms with E-state index in [-0.39, 0.29) is 5.75 Å². The van der Waals surface area contributed by atoms with Crippen LogP contribution in [0.1, 0.15) is 5.56 Å². The summed E-state index contributed by atoms with van der Waals surface area (Å²) in [4.78, 5) is 7.63. The molecule has 4 rings (SSSR count). The molecule has 122 valence electrons. The number of benzene rings is 2. The molecule has 4 aromatic rings. The average molecular weight is 350 g/mol. The van der Waals surface area contributed by atoms with Crippen LogP contribution in [0.15, 0.2) is 42.5 Å². The highest BCUT2D eigenvalue weighted by molar-refractivity contribution is 6.30. The van der Waals surface area contributed by atoms with Crippen molar-refractivity contribution in [2.75, 3.05) is 0 Å². The van der Waals surface area contributed by atoms with Crippen molar-refractivity contribution in [3.05, 3.63) is 53.1 Å². The lowest BCUT2D eigenvalue weighted by atomic mass is 10.1. The summed E-state index contributed by atoms with van der Waals surface area (Å²) in [6.45, 7) is 0. The van der Waals surface area contributed by atoms with Gasteiger partial charge >= 0.3 is 0 Å². The Labute approximate surface area is 147 Å². The van der Waals surface area contributed by atoms with E-state index in [9.17, 15) is 5.11 Å². The minimum atomic E-state index is 0.0318. The van der Waals surface area contributed by atoms with Gasteiger partial charge < -0.3 is 10.1 Å². The molecule has 2 heterocycles. The zero-order chi connectivity index (χ0) is 17.6. The highest BCUT2D eigenvalue weighted by Crippen LogP contribution is 2.37. The maximum absolute atomic E-state index is 10.7. The molecule has 0 aliphatic heterocycles. The number of fused-ring (bicyclic) bond motifs is 1. The summed E-state index contributed by atoms with van der Waals surface area (Å²) in [6, 6.07) is 14.4. The van der Waals surface area contributed by atoms with Gasteiger partial charge in [0.1, 0.15) is 11.4 Å². The van der Waals surface area contributed by atoms with Gasteiger partial charge in [0.2, 0.25) is 0 Å². The van der Waals surface area contributed by atoms with Crippen molar-refractivity contribution in [3.8, 4) is 34.6 Å². The van der Waals surface area contributed by atoms with Gasteiger partial charge in [0.15, 0.2) is 11.6 Å². The second-order valence-electron chi connectivity index (χ2n) is 5.61. The summed E-state index contributed by atoms with van der Waals surface area (Å²) in [5, 5.41) is 24.7. The second kappa shape index (κ2) is 5.65. The molecule has 0 unspecified atom stereocenters. The zero-order valence-corrected chi connectivity index (χ0v) is 13.9. The molecule has 0 amide bonds. The minimum absolute atomic E-state index is 0.0318. The Morgan fingerprint density at radius 1 is 1.20 bits per heavy atom. The van der Waals surface area contributed by atoms with E-state index in [1.807, 2.05) is 0 Å². The molecular formula is C18H12ClN5O. The Morgan fingerprint density at radius 2 is 1.96 bits per heavy atom. The predicted molar refractivity (Wildman–Crippen MR) is 95.1 cm³/mol. The number of imidazole rings is 1. The van der Waals surface area contributed by atoms with Crippen LogP contribution in [-0.2, 0) is 7.05 Å². The molecule has 0 atom stereocenters. The van der Waals surface area contributed by atoms with Gasteiger partial charge in [-0.2, -0.15) is 10.4 Å². The van der Waals surface area contributed by atoms with Gasteiger partial charge in [-0.15, -0.1) is 0 Å². The topological polar surface area (TPSA) is 90.5 Å². The first-order chi connectivity index (χ1) is 12.1. The Hall–Kier alpha value is -3.30. The quantitative estimate of drug-likeness (QED) is 0.575. The molecular weight excluding hydrogens is 338 g/mol. The molecule has 2 aromatic carbocycles. The molecule has 7 heteroatoms. The number of nitriles is 1. The van der Waals surface area contributed by atoms with E-state index in [0.717, 1.165) is 11.1 Å². The number of aromatic hydroxyl groups is 1. The zero-order valence-electron chi connectivity index (χ0n) is 13.2. The van der Waals surface area contributed by atoms with Gasteiger partial charge in [-0.05, 0) is 30.3 Å². The van der Waals surface area contributed by atoms with Crippen molar-refractivity contribution < 1.29 is 5.11 Å². The number of H-pyrrole nitrogens is 1. The number of rotatable bonds is 2. The van der Waals surface area contributed by atoms with E-state index >= 15 is 0 Å². The number of halogens is 1. The van der Waals surface area contributed by atoms with E-state index in [0.29, 0.717) is 33.3 Å². The number of aromatic nitrogens is 4. The molecule has 2 aromatic heterocycles.